The predicted octanol–water partition coefficient (Wildman–Crippen LogP) is 2.69. The Bertz CT molecular complexity index is 263. The number of benzene rings is 1. The number of halogens is 1. The maximum atomic E-state index is 13.0. The van der Waals surface area contributed by atoms with Gasteiger partial charge < -0.3 is 5.11 Å². The molecule has 0 saturated heterocycles. The van der Waals surface area contributed by atoms with E-state index >= 15 is 0 Å². The molecule has 1 atom stereocenters. The van der Waals surface area contributed by atoms with Crippen molar-refractivity contribution in [3.05, 3.63) is 30.1 Å². The van der Waals surface area contributed by atoms with E-state index < -0.39 is 0 Å². The van der Waals surface area contributed by atoms with Crippen LogP contribution in [0.4, 0.5) is 4.39 Å². The molecule has 1 aromatic carbocycles. The van der Waals surface area contributed by atoms with E-state index in [2.05, 4.69) is 0 Å². The van der Waals surface area contributed by atoms with Crippen LogP contribution in [0.2, 0.25) is 0 Å². The number of thioether (sulfide) groups is 1. The molecule has 13 heavy (non-hydrogen) atoms. The number of rotatable bonds is 4. The molecule has 1 N–H and O–H groups in total. The van der Waals surface area contributed by atoms with Gasteiger partial charge in [0.1, 0.15) is 5.82 Å². The van der Waals surface area contributed by atoms with Gasteiger partial charge in [0.2, 0.25) is 0 Å². The molecule has 0 unspecified atom stereocenters. The van der Waals surface area contributed by atoms with E-state index in [0.29, 0.717) is 11.3 Å². The molecule has 0 aliphatic heterocycles. The quantitative estimate of drug-likeness (QED) is 0.754. The second kappa shape index (κ2) is 5.25. The van der Waals surface area contributed by atoms with Crippen LogP contribution in [0.1, 0.15) is 13.3 Å². The second-order valence-corrected chi connectivity index (χ2v) is 4.05. The molecule has 0 aromatic heterocycles. The van der Waals surface area contributed by atoms with E-state index in [1.54, 1.807) is 19.1 Å². The molecule has 3 heteroatoms. The number of aliphatic hydroxyl groups is 1. The van der Waals surface area contributed by atoms with Crippen LogP contribution in [0, 0.1) is 5.82 Å². The zero-order valence-electron chi connectivity index (χ0n) is 7.53. The molecule has 0 radical (unpaired) electrons. The molecular weight excluding hydrogens is 187 g/mol. The van der Waals surface area contributed by atoms with Gasteiger partial charge in [-0.1, -0.05) is 12.1 Å². The fraction of sp³-hybridized carbons (Fsp3) is 0.400. The summed E-state index contributed by atoms with van der Waals surface area (Å²) in [6, 6.07) is 6.69. The second-order valence-electron chi connectivity index (χ2n) is 2.92. The normalized spacial score (nSPS) is 12.8. The van der Waals surface area contributed by atoms with E-state index in [1.807, 2.05) is 6.07 Å². The van der Waals surface area contributed by atoms with Crippen molar-refractivity contribution >= 4 is 11.8 Å². The number of hydrogen-bond acceptors (Lipinski definition) is 2. The Balaban J connectivity index is 2.41. The summed E-state index contributed by atoms with van der Waals surface area (Å²) in [6.45, 7) is 1.74. The lowest BCUT2D eigenvalue weighted by Crippen LogP contribution is -2.00. The predicted molar refractivity (Wildman–Crippen MR) is 53.4 cm³/mol. The minimum Gasteiger partial charge on any atom is -0.393 e. The highest BCUT2D eigenvalue weighted by molar-refractivity contribution is 7.99. The minimum atomic E-state index is -0.306. The van der Waals surface area contributed by atoms with E-state index in [9.17, 15) is 4.39 Å². The average molecular weight is 200 g/mol. The Hall–Kier alpha value is -0.540. The lowest BCUT2D eigenvalue weighted by Gasteiger charge is -2.04. The zero-order chi connectivity index (χ0) is 9.68. The van der Waals surface area contributed by atoms with Gasteiger partial charge in [0, 0.05) is 10.6 Å². The van der Waals surface area contributed by atoms with Crippen molar-refractivity contribution < 1.29 is 9.50 Å². The van der Waals surface area contributed by atoms with Crippen molar-refractivity contribution in [3.8, 4) is 0 Å². The fourth-order valence-electron chi connectivity index (χ4n) is 0.901. The molecule has 0 aliphatic rings. The van der Waals surface area contributed by atoms with Crippen molar-refractivity contribution in [3.63, 3.8) is 0 Å². The monoisotopic (exact) mass is 200 g/mol. The Morgan fingerprint density at radius 1 is 1.46 bits per heavy atom. The zero-order valence-corrected chi connectivity index (χ0v) is 8.35. The summed E-state index contributed by atoms with van der Waals surface area (Å²) in [6.07, 6.45) is 0.387. The maximum absolute atomic E-state index is 13.0. The Morgan fingerprint density at radius 2 is 2.15 bits per heavy atom. The Labute approximate surface area is 82.0 Å². The molecule has 0 fully saturated rings. The van der Waals surface area contributed by atoms with Gasteiger partial charge in [-0.2, -0.15) is 0 Å². The van der Waals surface area contributed by atoms with Crippen molar-refractivity contribution in [2.24, 2.45) is 0 Å². The summed E-state index contributed by atoms with van der Waals surface area (Å²) >= 11 is 1.44. The average Bonchev–Trinajstić information content (AvgIpc) is 2.08. The summed E-state index contributed by atoms with van der Waals surface area (Å²) < 4.78 is 13.0. The van der Waals surface area contributed by atoms with Gasteiger partial charge in [0.25, 0.3) is 0 Å². The van der Waals surface area contributed by atoms with E-state index in [4.69, 9.17) is 5.11 Å². The summed E-state index contributed by atoms with van der Waals surface area (Å²) in [4.78, 5) is 0.656. The number of hydrogen-bond donors (Lipinski definition) is 1. The first-order valence-electron chi connectivity index (χ1n) is 4.25. The lowest BCUT2D eigenvalue weighted by atomic mass is 10.3. The van der Waals surface area contributed by atoms with Crippen molar-refractivity contribution in [2.45, 2.75) is 24.3 Å². The minimum absolute atomic E-state index is 0.182. The first-order valence-corrected chi connectivity index (χ1v) is 5.24. The molecule has 0 saturated carbocycles. The van der Waals surface area contributed by atoms with Crippen LogP contribution in [0.15, 0.2) is 29.2 Å². The summed E-state index contributed by atoms with van der Waals surface area (Å²) in [5.74, 6) is 0.566. The first-order chi connectivity index (χ1) is 6.20. The molecule has 1 rings (SSSR count). The first kappa shape index (κ1) is 10.5. The van der Waals surface area contributed by atoms with Crippen LogP contribution in [0.3, 0.4) is 0 Å². The number of aliphatic hydroxyl groups excluding tert-OH is 1. The SMILES string of the molecule is C[C@H](O)CCSc1ccccc1F. The van der Waals surface area contributed by atoms with Gasteiger partial charge in [-0.15, -0.1) is 11.8 Å². The topological polar surface area (TPSA) is 20.2 Å². The molecule has 0 spiro atoms. The highest BCUT2D eigenvalue weighted by atomic mass is 32.2. The van der Waals surface area contributed by atoms with E-state index in [0.717, 1.165) is 5.75 Å². The third-order valence-electron chi connectivity index (χ3n) is 1.63. The lowest BCUT2D eigenvalue weighted by molar-refractivity contribution is 0.192. The molecular formula is C10H13FOS. The van der Waals surface area contributed by atoms with Crippen LogP contribution < -0.4 is 0 Å². The molecule has 1 nitrogen and oxygen atoms in total. The Kier molecular flexibility index (Phi) is 4.25. The third kappa shape index (κ3) is 3.79. The Morgan fingerprint density at radius 3 is 2.77 bits per heavy atom. The van der Waals surface area contributed by atoms with Crippen LogP contribution in [-0.2, 0) is 0 Å². The molecule has 72 valence electrons. The standard InChI is InChI=1S/C10H13FOS/c1-8(12)6-7-13-10-5-3-2-4-9(10)11/h2-5,8,12H,6-7H2,1H3/t8-/m0/s1. The van der Waals surface area contributed by atoms with E-state index in [-0.39, 0.29) is 11.9 Å². The molecule has 0 heterocycles. The smallest absolute Gasteiger partial charge is 0.136 e. The molecule has 0 bridgehead atoms. The summed E-state index contributed by atoms with van der Waals surface area (Å²) in [5.41, 5.74) is 0. The van der Waals surface area contributed by atoms with Gasteiger partial charge in [-0.3, -0.25) is 0 Å². The van der Waals surface area contributed by atoms with Gasteiger partial charge in [-0.25, -0.2) is 4.39 Å². The van der Waals surface area contributed by atoms with Crippen LogP contribution in [0.5, 0.6) is 0 Å². The largest absolute Gasteiger partial charge is 0.393 e. The molecule has 1 aromatic rings. The summed E-state index contributed by atoms with van der Waals surface area (Å²) in [7, 11) is 0. The highest BCUT2D eigenvalue weighted by Gasteiger charge is 2.01. The highest BCUT2D eigenvalue weighted by Crippen LogP contribution is 2.21. The fourth-order valence-corrected chi connectivity index (χ4v) is 1.96. The van der Waals surface area contributed by atoms with Crippen LogP contribution in [0.25, 0.3) is 0 Å². The van der Waals surface area contributed by atoms with Crippen molar-refractivity contribution in [1.29, 1.82) is 0 Å². The summed E-state index contributed by atoms with van der Waals surface area (Å²) in [5, 5.41) is 8.99. The molecule has 0 aliphatic carbocycles. The van der Waals surface area contributed by atoms with Crippen LogP contribution >= 0.6 is 11.8 Å². The van der Waals surface area contributed by atoms with Gasteiger partial charge >= 0.3 is 0 Å². The van der Waals surface area contributed by atoms with Crippen molar-refractivity contribution in [1.82, 2.24) is 0 Å². The van der Waals surface area contributed by atoms with Gasteiger partial charge in [-0.05, 0) is 25.5 Å². The van der Waals surface area contributed by atoms with E-state index in [1.165, 1.54) is 17.8 Å². The van der Waals surface area contributed by atoms with Crippen molar-refractivity contribution in [2.75, 3.05) is 5.75 Å². The third-order valence-corrected chi connectivity index (χ3v) is 2.71. The van der Waals surface area contributed by atoms with Gasteiger partial charge in [0.05, 0.1) is 6.10 Å². The molecule has 0 amide bonds. The van der Waals surface area contributed by atoms with Crippen LogP contribution in [-0.4, -0.2) is 17.0 Å². The van der Waals surface area contributed by atoms with Gasteiger partial charge in [0.15, 0.2) is 0 Å². The maximum Gasteiger partial charge on any atom is 0.136 e.